The van der Waals surface area contributed by atoms with Crippen LogP contribution in [0.25, 0.3) is 22.2 Å². The van der Waals surface area contributed by atoms with Crippen LogP contribution in [0, 0.1) is 0 Å². The Bertz CT molecular complexity index is 1170. The molecule has 1 aromatic carbocycles. The van der Waals surface area contributed by atoms with Gasteiger partial charge >= 0.3 is 6.36 Å². The third-order valence-corrected chi connectivity index (χ3v) is 5.86. The number of alkyl halides is 3. The van der Waals surface area contributed by atoms with Gasteiger partial charge in [-0.25, -0.2) is 4.98 Å². The molecule has 5 nitrogen and oxygen atoms in total. The molecule has 0 aliphatic heterocycles. The van der Waals surface area contributed by atoms with Gasteiger partial charge in [-0.2, -0.15) is 0 Å². The number of rotatable bonds is 6. The minimum atomic E-state index is -4.64. The first-order valence-corrected chi connectivity index (χ1v) is 10.2. The molecule has 0 saturated heterocycles. The molecule has 2 aliphatic rings. The fraction of sp³-hybridized carbons (Fsp3) is 0.455. The van der Waals surface area contributed by atoms with Crippen LogP contribution in [0.3, 0.4) is 0 Å². The van der Waals surface area contributed by atoms with Crippen LogP contribution in [0.15, 0.2) is 35.3 Å². The van der Waals surface area contributed by atoms with E-state index in [1.165, 1.54) is 0 Å². The molecule has 2 saturated carbocycles. The summed E-state index contributed by atoms with van der Waals surface area (Å²) in [5.41, 5.74) is 4.27. The second-order valence-electron chi connectivity index (χ2n) is 8.27. The molecule has 158 valence electrons. The number of fused-ring (bicyclic) bond motifs is 1. The van der Waals surface area contributed by atoms with Gasteiger partial charge in [-0.3, -0.25) is 9.53 Å². The molecule has 0 spiro atoms. The normalized spacial score (nSPS) is 17.1. The first-order chi connectivity index (χ1) is 14.3. The predicted molar refractivity (Wildman–Crippen MR) is 106 cm³/mol. The summed E-state index contributed by atoms with van der Waals surface area (Å²) in [6, 6.07) is 7.77. The SMILES string of the molecule is Cn1cc(-c2ccc3nc(C4CC4)n(CCOC(F)(F)F)c3c2)cc(C2CC2)c1=O. The summed E-state index contributed by atoms with van der Waals surface area (Å²) in [6.45, 7) is -0.365. The van der Waals surface area contributed by atoms with Crippen LogP contribution in [0.1, 0.15) is 48.9 Å². The van der Waals surface area contributed by atoms with Crippen molar-refractivity contribution in [2.45, 2.75) is 50.4 Å². The van der Waals surface area contributed by atoms with Crippen LogP contribution in [-0.2, 0) is 18.3 Å². The smallest absolute Gasteiger partial charge is 0.325 e. The number of aryl methyl sites for hydroxylation is 1. The summed E-state index contributed by atoms with van der Waals surface area (Å²) in [6.07, 6.45) is 1.24. The number of nitrogens with zero attached hydrogens (tertiary/aromatic N) is 3. The van der Waals surface area contributed by atoms with E-state index >= 15 is 0 Å². The summed E-state index contributed by atoms with van der Waals surface area (Å²) < 4.78 is 44.9. The molecule has 2 aliphatic carbocycles. The molecule has 2 aromatic heterocycles. The monoisotopic (exact) mass is 417 g/mol. The van der Waals surface area contributed by atoms with Crippen molar-refractivity contribution in [1.29, 1.82) is 0 Å². The third-order valence-electron chi connectivity index (χ3n) is 5.86. The van der Waals surface area contributed by atoms with E-state index in [0.29, 0.717) is 11.8 Å². The molecule has 0 radical (unpaired) electrons. The van der Waals surface area contributed by atoms with Crippen molar-refractivity contribution in [3.8, 4) is 11.1 Å². The van der Waals surface area contributed by atoms with E-state index in [9.17, 15) is 18.0 Å². The molecule has 8 heteroatoms. The van der Waals surface area contributed by atoms with Gasteiger partial charge in [-0.15, -0.1) is 13.2 Å². The highest BCUT2D eigenvalue weighted by molar-refractivity contribution is 5.83. The maximum Gasteiger partial charge on any atom is 0.522 e. The molecule has 2 heterocycles. The number of benzene rings is 1. The largest absolute Gasteiger partial charge is 0.522 e. The molecule has 30 heavy (non-hydrogen) atoms. The molecular weight excluding hydrogens is 395 g/mol. The lowest BCUT2D eigenvalue weighted by molar-refractivity contribution is -0.325. The van der Waals surface area contributed by atoms with Crippen molar-refractivity contribution in [1.82, 2.24) is 14.1 Å². The van der Waals surface area contributed by atoms with Gasteiger partial charge in [0.1, 0.15) is 5.82 Å². The topological polar surface area (TPSA) is 49.0 Å². The van der Waals surface area contributed by atoms with Crippen molar-refractivity contribution in [3.05, 3.63) is 52.2 Å². The van der Waals surface area contributed by atoms with Crippen molar-refractivity contribution in [3.63, 3.8) is 0 Å². The van der Waals surface area contributed by atoms with E-state index in [2.05, 4.69) is 9.72 Å². The van der Waals surface area contributed by atoms with Gasteiger partial charge in [-0.1, -0.05) is 6.07 Å². The number of hydrogen-bond acceptors (Lipinski definition) is 3. The van der Waals surface area contributed by atoms with Gasteiger partial charge in [0.2, 0.25) is 0 Å². The Kier molecular flexibility index (Phi) is 4.50. The number of aromatic nitrogens is 3. The highest BCUT2D eigenvalue weighted by atomic mass is 19.4. The van der Waals surface area contributed by atoms with Crippen molar-refractivity contribution >= 4 is 11.0 Å². The zero-order chi connectivity index (χ0) is 21.0. The number of ether oxygens (including phenoxy) is 1. The van der Waals surface area contributed by atoms with E-state index in [1.807, 2.05) is 35.0 Å². The predicted octanol–water partition coefficient (Wildman–Crippen LogP) is 4.69. The van der Waals surface area contributed by atoms with E-state index in [-0.39, 0.29) is 12.1 Å². The Hall–Kier alpha value is -2.61. The van der Waals surface area contributed by atoms with Gasteiger partial charge in [0, 0.05) is 31.3 Å². The van der Waals surface area contributed by atoms with Crippen LogP contribution >= 0.6 is 0 Å². The summed E-state index contributed by atoms with van der Waals surface area (Å²) >= 11 is 0. The van der Waals surface area contributed by atoms with Crippen molar-refractivity contribution in [2.75, 3.05) is 6.61 Å². The Labute approximate surface area is 171 Å². The molecule has 0 bridgehead atoms. The molecule has 5 rings (SSSR count). The van der Waals surface area contributed by atoms with Crippen LogP contribution in [0.5, 0.6) is 0 Å². The second kappa shape index (κ2) is 6.97. The standard InChI is InChI=1S/C22H22F3N3O2/c1-27-12-16(10-17(21(27)29)13-2-3-13)15-6-7-18-19(11-15)28(8-9-30-22(23,24)25)20(26-18)14-4-5-14/h6-7,10-14H,2-5,8-9H2,1H3. The molecule has 0 amide bonds. The molecular formula is C22H22F3N3O2. The average molecular weight is 417 g/mol. The minimum Gasteiger partial charge on any atom is -0.325 e. The lowest BCUT2D eigenvalue weighted by Gasteiger charge is -2.12. The van der Waals surface area contributed by atoms with E-state index in [1.54, 1.807) is 11.6 Å². The van der Waals surface area contributed by atoms with Crippen molar-refractivity contribution < 1.29 is 17.9 Å². The first kappa shape index (κ1) is 19.4. The Morgan fingerprint density at radius 1 is 1.10 bits per heavy atom. The molecule has 0 atom stereocenters. The van der Waals surface area contributed by atoms with Gasteiger partial charge in [-0.05, 0) is 60.9 Å². The van der Waals surface area contributed by atoms with Gasteiger partial charge in [0.25, 0.3) is 5.56 Å². The number of imidazole rings is 1. The Balaban J connectivity index is 1.55. The van der Waals surface area contributed by atoms with E-state index in [0.717, 1.165) is 59.2 Å². The molecule has 3 aromatic rings. The third kappa shape index (κ3) is 3.76. The zero-order valence-electron chi connectivity index (χ0n) is 16.6. The van der Waals surface area contributed by atoms with Crippen molar-refractivity contribution in [2.24, 2.45) is 7.05 Å². The Morgan fingerprint density at radius 3 is 2.50 bits per heavy atom. The van der Waals surface area contributed by atoms with E-state index < -0.39 is 13.0 Å². The number of pyridine rings is 1. The number of halogens is 3. The summed E-state index contributed by atoms with van der Waals surface area (Å²) in [5, 5.41) is 0. The highest BCUT2D eigenvalue weighted by Crippen LogP contribution is 2.42. The second-order valence-corrected chi connectivity index (χ2v) is 8.27. The van der Waals surface area contributed by atoms with Crippen LogP contribution in [0.4, 0.5) is 13.2 Å². The molecule has 0 unspecified atom stereocenters. The highest BCUT2D eigenvalue weighted by Gasteiger charge is 2.32. The van der Waals surface area contributed by atoms with Crippen LogP contribution in [0.2, 0.25) is 0 Å². The van der Waals surface area contributed by atoms with Crippen LogP contribution in [-0.4, -0.2) is 27.1 Å². The summed E-state index contributed by atoms with van der Waals surface area (Å²) in [7, 11) is 1.75. The first-order valence-electron chi connectivity index (χ1n) is 10.2. The maximum absolute atomic E-state index is 12.5. The number of hydrogen-bond donors (Lipinski definition) is 0. The lowest BCUT2D eigenvalue weighted by atomic mass is 10.0. The van der Waals surface area contributed by atoms with Gasteiger partial charge < -0.3 is 9.13 Å². The van der Waals surface area contributed by atoms with Gasteiger partial charge in [0.15, 0.2) is 0 Å². The van der Waals surface area contributed by atoms with E-state index in [4.69, 9.17) is 0 Å². The summed E-state index contributed by atoms with van der Waals surface area (Å²) in [4.78, 5) is 17.1. The zero-order valence-corrected chi connectivity index (χ0v) is 16.6. The quantitative estimate of drug-likeness (QED) is 0.585. The molecule has 2 fully saturated rings. The lowest BCUT2D eigenvalue weighted by Crippen LogP contribution is -2.20. The minimum absolute atomic E-state index is 0.0349. The fourth-order valence-electron chi connectivity index (χ4n) is 4.04. The Morgan fingerprint density at radius 2 is 1.83 bits per heavy atom. The average Bonchev–Trinajstić information content (AvgIpc) is 3.60. The summed E-state index contributed by atoms with van der Waals surface area (Å²) in [5.74, 6) is 1.46. The molecule has 0 N–H and O–H groups in total. The van der Waals surface area contributed by atoms with Crippen LogP contribution < -0.4 is 5.56 Å². The fourth-order valence-corrected chi connectivity index (χ4v) is 4.04. The maximum atomic E-state index is 12.5. The van der Waals surface area contributed by atoms with Gasteiger partial charge in [0.05, 0.1) is 17.6 Å².